The van der Waals surface area contributed by atoms with Crippen LogP contribution in [0.25, 0.3) is 11.0 Å². The van der Waals surface area contributed by atoms with Crippen LogP contribution in [0.3, 0.4) is 0 Å². The maximum absolute atomic E-state index is 13.8. The molecule has 0 radical (unpaired) electrons. The maximum atomic E-state index is 13.8. The third-order valence-corrected chi connectivity index (χ3v) is 6.60. The van der Waals surface area contributed by atoms with Crippen LogP contribution in [0.15, 0.2) is 105 Å². The lowest BCUT2D eigenvalue weighted by Gasteiger charge is -2.24. The third-order valence-electron chi connectivity index (χ3n) is 6.11. The molecule has 0 N–H and O–H groups in total. The predicted molar refractivity (Wildman–Crippen MR) is 141 cm³/mol. The van der Waals surface area contributed by atoms with Gasteiger partial charge in [-0.2, -0.15) is 0 Å². The molecule has 176 valence electrons. The van der Waals surface area contributed by atoms with Gasteiger partial charge >= 0.3 is 0 Å². The van der Waals surface area contributed by atoms with E-state index in [1.807, 2.05) is 73.7 Å². The van der Waals surface area contributed by atoms with Gasteiger partial charge in [-0.05, 0) is 67.1 Å². The zero-order valence-electron chi connectivity index (χ0n) is 19.1. The van der Waals surface area contributed by atoms with Crippen molar-refractivity contribution in [3.8, 4) is 11.5 Å². The number of fused-ring (bicyclic) bond motifs is 2. The van der Waals surface area contributed by atoms with E-state index in [1.54, 1.807) is 24.3 Å². The molecule has 1 unspecified atom stereocenters. The first-order valence-corrected chi connectivity index (χ1v) is 12.2. The van der Waals surface area contributed by atoms with Crippen LogP contribution in [0.2, 0.25) is 0 Å². The van der Waals surface area contributed by atoms with E-state index in [9.17, 15) is 9.59 Å². The summed E-state index contributed by atoms with van der Waals surface area (Å²) in [6.07, 6.45) is 0. The van der Waals surface area contributed by atoms with Gasteiger partial charge in [0.2, 0.25) is 5.76 Å². The number of amides is 1. The van der Waals surface area contributed by atoms with Crippen molar-refractivity contribution in [1.82, 2.24) is 4.98 Å². The average molecular weight is 539 g/mol. The number of aryl methyl sites for hydroxylation is 1. The number of benzene rings is 3. The summed E-state index contributed by atoms with van der Waals surface area (Å²) in [6.45, 7) is 1.86. The fraction of sp³-hybridized carbons (Fsp3) is 0.0690. The number of carbonyl (C=O) groups is 1. The predicted octanol–water partition coefficient (Wildman–Crippen LogP) is 6.80. The number of aromatic nitrogens is 1. The van der Waals surface area contributed by atoms with Crippen LogP contribution in [0, 0.1) is 6.92 Å². The fourth-order valence-electron chi connectivity index (χ4n) is 4.53. The van der Waals surface area contributed by atoms with Gasteiger partial charge in [-0.25, -0.2) is 4.98 Å². The first-order chi connectivity index (χ1) is 17.5. The number of rotatable bonds is 4. The maximum Gasteiger partial charge on any atom is 0.296 e. The molecule has 1 aliphatic rings. The van der Waals surface area contributed by atoms with E-state index in [-0.39, 0.29) is 16.8 Å². The van der Waals surface area contributed by atoms with Crippen LogP contribution in [-0.2, 0) is 0 Å². The van der Waals surface area contributed by atoms with E-state index in [1.165, 1.54) is 4.90 Å². The molecule has 2 aromatic heterocycles. The Balaban J connectivity index is 1.56. The zero-order valence-corrected chi connectivity index (χ0v) is 20.7. The SMILES string of the molecule is Cc1cccc(N2C(=O)c3oc4ccc(Br)cc4c(=O)c3C2c2cccc(Oc3ccccc3)c2)n1. The first-order valence-electron chi connectivity index (χ1n) is 11.4. The van der Waals surface area contributed by atoms with E-state index >= 15 is 0 Å². The molecule has 0 aliphatic carbocycles. The third kappa shape index (κ3) is 3.78. The van der Waals surface area contributed by atoms with Crippen molar-refractivity contribution in [1.29, 1.82) is 0 Å². The first kappa shape index (κ1) is 22.2. The highest BCUT2D eigenvalue weighted by molar-refractivity contribution is 9.10. The van der Waals surface area contributed by atoms with Gasteiger partial charge in [0.25, 0.3) is 5.91 Å². The van der Waals surface area contributed by atoms with Crippen molar-refractivity contribution in [2.75, 3.05) is 4.90 Å². The standard InChI is InChI=1S/C29H19BrN2O4/c1-17-7-5-12-24(31-17)32-26(18-8-6-11-21(15-18)35-20-9-3-2-4-10-20)25-27(33)22-16-19(30)13-14-23(22)36-28(25)29(32)34/h2-16,26H,1H3. The molecule has 36 heavy (non-hydrogen) atoms. The minimum absolute atomic E-state index is 0.0255. The molecule has 1 atom stereocenters. The lowest BCUT2D eigenvalue weighted by Crippen LogP contribution is -2.30. The van der Waals surface area contributed by atoms with Crippen LogP contribution < -0.4 is 15.1 Å². The number of pyridine rings is 1. The number of para-hydroxylation sites is 1. The molecule has 6 rings (SSSR count). The molecule has 0 bridgehead atoms. The van der Waals surface area contributed by atoms with Crippen molar-refractivity contribution < 1.29 is 13.9 Å². The number of carbonyl (C=O) groups excluding carboxylic acids is 1. The molecular formula is C29H19BrN2O4. The van der Waals surface area contributed by atoms with Gasteiger partial charge in [0.15, 0.2) is 5.43 Å². The molecule has 5 aromatic rings. The fourth-order valence-corrected chi connectivity index (χ4v) is 4.89. The highest BCUT2D eigenvalue weighted by atomic mass is 79.9. The highest BCUT2D eigenvalue weighted by Gasteiger charge is 2.44. The van der Waals surface area contributed by atoms with Crippen molar-refractivity contribution in [3.63, 3.8) is 0 Å². The largest absolute Gasteiger partial charge is 0.457 e. The molecular weight excluding hydrogens is 520 g/mol. The quantitative estimate of drug-likeness (QED) is 0.251. The molecule has 1 aliphatic heterocycles. The van der Waals surface area contributed by atoms with Crippen molar-refractivity contribution >= 4 is 38.6 Å². The molecule has 6 nitrogen and oxygen atoms in total. The summed E-state index contributed by atoms with van der Waals surface area (Å²) in [4.78, 5) is 33.7. The van der Waals surface area contributed by atoms with Crippen molar-refractivity contribution in [2.24, 2.45) is 0 Å². The second kappa shape index (κ2) is 8.77. The second-order valence-corrected chi connectivity index (χ2v) is 9.43. The lowest BCUT2D eigenvalue weighted by molar-refractivity contribution is 0.0970. The molecule has 3 heterocycles. The summed E-state index contributed by atoms with van der Waals surface area (Å²) in [5.41, 5.74) is 1.85. The number of hydrogen-bond acceptors (Lipinski definition) is 5. The number of anilines is 1. The summed E-state index contributed by atoms with van der Waals surface area (Å²) in [5.74, 6) is 1.33. The van der Waals surface area contributed by atoms with E-state index in [0.717, 1.165) is 10.2 Å². The average Bonchev–Trinajstić information content (AvgIpc) is 3.18. The number of hydrogen-bond donors (Lipinski definition) is 0. The molecule has 1 amide bonds. The summed E-state index contributed by atoms with van der Waals surface area (Å²) in [6, 6.07) is 26.7. The Morgan fingerprint density at radius 2 is 1.67 bits per heavy atom. The van der Waals surface area contributed by atoms with Gasteiger partial charge in [0.1, 0.15) is 22.9 Å². The van der Waals surface area contributed by atoms with E-state index in [0.29, 0.717) is 33.8 Å². The van der Waals surface area contributed by atoms with Gasteiger partial charge in [-0.3, -0.25) is 14.5 Å². The van der Waals surface area contributed by atoms with Crippen molar-refractivity contribution in [2.45, 2.75) is 13.0 Å². The molecule has 0 spiro atoms. The van der Waals surface area contributed by atoms with Crippen LogP contribution in [0.5, 0.6) is 11.5 Å². The number of halogens is 1. The Morgan fingerprint density at radius 3 is 2.47 bits per heavy atom. The summed E-state index contributed by atoms with van der Waals surface area (Å²) in [5, 5.41) is 0.400. The van der Waals surface area contributed by atoms with Gasteiger partial charge in [0, 0.05) is 10.2 Å². The van der Waals surface area contributed by atoms with Crippen LogP contribution in [0.4, 0.5) is 5.82 Å². The minimum atomic E-state index is -0.735. The molecule has 3 aromatic carbocycles. The van der Waals surface area contributed by atoms with E-state index in [2.05, 4.69) is 20.9 Å². The molecule has 0 saturated heterocycles. The molecule has 0 fully saturated rings. The van der Waals surface area contributed by atoms with Gasteiger partial charge < -0.3 is 9.15 Å². The van der Waals surface area contributed by atoms with Gasteiger partial charge in [-0.1, -0.05) is 52.3 Å². The Labute approximate surface area is 214 Å². The molecule has 0 saturated carbocycles. The Bertz CT molecular complexity index is 1700. The minimum Gasteiger partial charge on any atom is -0.457 e. The van der Waals surface area contributed by atoms with Crippen LogP contribution in [0.1, 0.15) is 33.4 Å². The highest BCUT2D eigenvalue weighted by Crippen LogP contribution is 2.41. The lowest BCUT2D eigenvalue weighted by atomic mass is 9.98. The van der Waals surface area contributed by atoms with Crippen LogP contribution in [-0.4, -0.2) is 10.9 Å². The topological polar surface area (TPSA) is 72.6 Å². The normalized spacial score (nSPS) is 14.8. The second-order valence-electron chi connectivity index (χ2n) is 8.52. The Hall–Kier alpha value is -4.23. The Morgan fingerprint density at radius 1 is 0.889 bits per heavy atom. The van der Waals surface area contributed by atoms with E-state index in [4.69, 9.17) is 9.15 Å². The monoisotopic (exact) mass is 538 g/mol. The smallest absolute Gasteiger partial charge is 0.296 e. The van der Waals surface area contributed by atoms with Gasteiger partial charge in [0.05, 0.1) is 17.0 Å². The molecule has 7 heteroatoms. The summed E-state index contributed by atoms with van der Waals surface area (Å²) >= 11 is 3.43. The summed E-state index contributed by atoms with van der Waals surface area (Å²) in [7, 11) is 0. The van der Waals surface area contributed by atoms with Crippen molar-refractivity contribution in [3.05, 3.63) is 128 Å². The number of ether oxygens (including phenoxy) is 1. The van der Waals surface area contributed by atoms with E-state index < -0.39 is 11.9 Å². The zero-order chi connectivity index (χ0) is 24.8. The summed E-state index contributed by atoms with van der Waals surface area (Å²) < 4.78 is 12.8. The van der Waals surface area contributed by atoms with Gasteiger partial charge in [-0.15, -0.1) is 0 Å². The Kier molecular flexibility index (Phi) is 5.42. The van der Waals surface area contributed by atoms with Crippen LogP contribution >= 0.6 is 15.9 Å². The number of nitrogens with zero attached hydrogens (tertiary/aromatic N) is 2.